The number of hydrogen-bond acceptors (Lipinski definition) is 5. The van der Waals surface area contributed by atoms with Gasteiger partial charge in [0.1, 0.15) is 18.3 Å². The first-order chi connectivity index (χ1) is 24.4. The highest BCUT2D eigenvalue weighted by molar-refractivity contribution is 5.94. The molecular weight excluding hydrogens is 624 g/mol. The monoisotopic (exact) mass is 672 g/mol. The molecule has 3 amide bonds. The molecule has 8 nitrogen and oxygen atoms in total. The van der Waals surface area contributed by atoms with E-state index in [9.17, 15) is 9.59 Å². The third kappa shape index (κ3) is 7.98. The molecule has 2 heterocycles. The van der Waals surface area contributed by atoms with Crippen LogP contribution in [-0.2, 0) is 32.0 Å². The first kappa shape index (κ1) is 35.1. The zero-order chi connectivity index (χ0) is 34.9. The maximum atomic E-state index is 15.2. The molecule has 260 valence electrons. The van der Waals surface area contributed by atoms with Crippen LogP contribution in [-0.4, -0.2) is 60.6 Å². The Balaban J connectivity index is 1.42. The second-order valence-corrected chi connectivity index (χ2v) is 13.6. The molecule has 0 aliphatic carbocycles. The first-order valence-corrected chi connectivity index (χ1v) is 17.8. The number of rotatable bonds is 13. The molecule has 2 aliphatic rings. The van der Waals surface area contributed by atoms with Gasteiger partial charge < -0.3 is 25.6 Å². The van der Waals surface area contributed by atoms with Crippen LogP contribution in [0.4, 0.5) is 0 Å². The van der Waals surface area contributed by atoms with Crippen molar-refractivity contribution in [2.75, 3.05) is 13.7 Å². The van der Waals surface area contributed by atoms with Crippen LogP contribution < -0.4 is 16.0 Å². The van der Waals surface area contributed by atoms with Crippen LogP contribution >= 0.6 is 0 Å². The number of carbonyl (C=O) groups excluding carboxylic acids is 3. The summed E-state index contributed by atoms with van der Waals surface area (Å²) in [5, 5.41) is 9.33. The number of benzene rings is 4. The van der Waals surface area contributed by atoms with Crippen molar-refractivity contribution < 1.29 is 19.1 Å². The Bertz CT molecular complexity index is 1620. The Morgan fingerprint density at radius 3 is 1.80 bits per heavy atom. The zero-order valence-electron chi connectivity index (χ0n) is 29.0. The number of amides is 3. The van der Waals surface area contributed by atoms with Gasteiger partial charge in [-0.25, -0.2) is 0 Å². The fourth-order valence-corrected chi connectivity index (χ4v) is 7.57. The SMILES string of the molecule is CN[C@@H](C)C(=O)NC1CCOC2CC(CCc3ccccc3)(CCc3ccccc3)C(C(=O)NC(c3ccccc3)c3ccccc3)N2C1=O. The Labute approximate surface area is 295 Å². The smallest absolute Gasteiger partial charge is 0.247 e. The molecule has 4 atom stereocenters. The summed E-state index contributed by atoms with van der Waals surface area (Å²) in [4.78, 5) is 44.6. The van der Waals surface area contributed by atoms with Crippen molar-refractivity contribution in [1.29, 1.82) is 0 Å². The number of ether oxygens (including phenoxy) is 1. The van der Waals surface area contributed by atoms with E-state index in [0.29, 0.717) is 32.3 Å². The van der Waals surface area contributed by atoms with Gasteiger partial charge in [-0.1, -0.05) is 121 Å². The van der Waals surface area contributed by atoms with Gasteiger partial charge in [0.15, 0.2) is 0 Å². The van der Waals surface area contributed by atoms with Crippen LogP contribution in [0.1, 0.15) is 60.9 Å². The summed E-state index contributed by atoms with van der Waals surface area (Å²) in [7, 11) is 1.71. The third-order valence-corrected chi connectivity index (χ3v) is 10.5. The number of hydrogen-bond donors (Lipinski definition) is 3. The van der Waals surface area contributed by atoms with Crippen LogP contribution in [0.25, 0.3) is 0 Å². The molecule has 0 spiro atoms. The Hall–Kier alpha value is -4.79. The number of nitrogens with one attached hydrogen (secondary N) is 3. The molecule has 8 heteroatoms. The highest BCUT2D eigenvalue weighted by Gasteiger charge is 2.58. The highest BCUT2D eigenvalue weighted by Crippen LogP contribution is 2.49. The molecule has 3 N–H and O–H groups in total. The molecule has 0 bridgehead atoms. The van der Waals surface area contributed by atoms with E-state index in [1.807, 2.05) is 97.1 Å². The predicted molar refractivity (Wildman–Crippen MR) is 195 cm³/mol. The van der Waals surface area contributed by atoms with Gasteiger partial charge in [0, 0.05) is 18.3 Å². The number of carbonyl (C=O) groups is 3. The molecule has 6 rings (SSSR count). The molecule has 0 saturated carbocycles. The topological polar surface area (TPSA) is 99.8 Å². The lowest BCUT2D eigenvalue weighted by Gasteiger charge is -2.39. The first-order valence-electron chi connectivity index (χ1n) is 17.8. The number of aryl methyl sites for hydroxylation is 2. The van der Waals surface area contributed by atoms with Gasteiger partial charge in [-0.05, 0) is 61.9 Å². The van der Waals surface area contributed by atoms with Crippen LogP contribution in [0.2, 0.25) is 0 Å². The maximum absolute atomic E-state index is 15.2. The molecule has 0 radical (unpaired) electrons. The van der Waals surface area contributed by atoms with Crippen molar-refractivity contribution in [3.63, 3.8) is 0 Å². The van der Waals surface area contributed by atoms with Gasteiger partial charge in [-0.2, -0.15) is 0 Å². The molecule has 3 unspecified atom stereocenters. The number of fused-ring (bicyclic) bond motifs is 1. The number of likely N-dealkylation sites (N-methyl/N-ethyl adjacent to an activating group) is 1. The molecule has 50 heavy (non-hydrogen) atoms. The van der Waals surface area contributed by atoms with Crippen molar-refractivity contribution >= 4 is 17.7 Å². The molecule has 0 aromatic heterocycles. The van der Waals surface area contributed by atoms with Crippen molar-refractivity contribution in [2.45, 2.75) is 75.8 Å². The maximum Gasteiger partial charge on any atom is 0.247 e. The quantitative estimate of drug-likeness (QED) is 0.172. The molecule has 4 aromatic rings. The van der Waals surface area contributed by atoms with Gasteiger partial charge in [0.2, 0.25) is 17.7 Å². The van der Waals surface area contributed by atoms with E-state index >= 15 is 4.79 Å². The molecule has 2 aliphatic heterocycles. The predicted octanol–water partition coefficient (Wildman–Crippen LogP) is 5.58. The lowest BCUT2D eigenvalue weighted by Crippen LogP contribution is -2.59. The van der Waals surface area contributed by atoms with E-state index in [1.165, 1.54) is 11.1 Å². The summed E-state index contributed by atoms with van der Waals surface area (Å²) in [6, 6.07) is 37.9. The summed E-state index contributed by atoms with van der Waals surface area (Å²) in [6.45, 7) is 2.05. The second-order valence-electron chi connectivity index (χ2n) is 13.6. The molecule has 4 aromatic carbocycles. The van der Waals surface area contributed by atoms with E-state index < -0.39 is 35.8 Å². The van der Waals surface area contributed by atoms with E-state index in [4.69, 9.17) is 4.74 Å². The molecule has 2 fully saturated rings. The average molecular weight is 673 g/mol. The van der Waals surface area contributed by atoms with Crippen molar-refractivity contribution in [1.82, 2.24) is 20.9 Å². The summed E-state index contributed by atoms with van der Waals surface area (Å²) < 4.78 is 6.47. The van der Waals surface area contributed by atoms with Crippen LogP contribution in [0.5, 0.6) is 0 Å². The van der Waals surface area contributed by atoms with E-state index in [2.05, 4.69) is 40.2 Å². The Kier molecular flexibility index (Phi) is 11.4. The Morgan fingerprint density at radius 2 is 1.30 bits per heavy atom. The van der Waals surface area contributed by atoms with E-state index in [-0.39, 0.29) is 17.7 Å². The fraction of sp³-hybridized carbons (Fsp3) is 0.357. The standard InChI is InChI=1S/C42H48N4O4/c1-30(43-2)39(47)44-35-25-28-50-36-29-42(26-23-31-15-7-3-8-16-31,27-24-32-17-9-4-10-18-32)38(46(36)41(35)49)40(48)45-37(33-19-11-5-12-20-33)34-21-13-6-14-22-34/h3-22,30,35-38,43H,23-29H2,1-2H3,(H,44,47)(H,45,48)/t30-,35?,36?,38?/m0/s1. The normalized spacial score (nSPS) is 20.5. The largest absolute Gasteiger partial charge is 0.358 e. The minimum atomic E-state index is -0.832. The summed E-state index contributed by atoms with van der Waals surface area (Å²) in [5.41, 5.74) is 3.64. The minimum Gasteiger partial charge on any atom is -0.358 e. The highest BCUT2D eigenvalue weighted by atomic mass is 16.5. The lowest BCUT2D eigenvalue weighted by molar-refractivity contribution is -0.150. The molecule has 2 saturated heterocycles. The number of nitrogens with zero attached hydrogens (tertiary/aromatic N) is 1. The van der Waals surface area contributed by atoms with Gasteiger partial charge in [-0.3, -0.25) is 14.4 Å². The van der Waals surface area contributed by atoms with Gasteiger partial charge >= 0.3 is 0 Å². The lowest BCUT2D eigenvalue weighted by atomic mass is 9.71. The van der Waals surface area contributed by atoms with Crippen LogP contribution in [0.15, 0.2) is 121 Å². The van der Waals surface area contributed by atoms with E-state index in [0.717, 1.165) is 24.0 Å². The minimum absolute atomic E-state index is 0.223. The third-order valence-electron chi connectivity index (χ3n) is 10.5. The van der Waals surface area contributed by atoms with E-state index in [1.54, 1.807) is 18.9 Å². The van der Waals surface area contributed by atoms with Gasteiger partial charge in [0.05, 0.1) is 18.7 Å². The summed E-state index contributed by atoms with van der Waals surface area (Å²) in [5.74, 6) is -0.766. The van der Waals surface area contributed by atoms with Crippen molar-refractivity contribution in [3.8, 4) is 0 Å². The zero-order valence-corrected chi connectivity index (χ0v) is 29.0. The van der Waals surface area contributed by atoms with Crippen LogP contribution in [0.3, 0.4) is 0 Å². The summed E-state index contributed by atoms with van der Waals surface area (Å²) >= 11 is 0. The summed E-state index contributed by atoms with van der Waals surface area (Å²) in [6.07, 6.45) is 3.11. The fourth-order valence-electron chi connectivity index (χ4n) is 7.57. The van der Waals surface area contributed by atoms with Crippen molar-refractivity contribution in [2.24, 2.45) is 5.41 Å². The molecular formula is C42H48N4O4. The van der Waals surface area contributed by atoms with Crippen LogP contribution in [0, 0.1) is 5.41 Å². The van der Waals surface area contributed by atoms with Crippen molar-refractivity contribution in [3.05, 3.63) is 144 Å². The average Bonchev–Trinajstić information content (AvgIpc) is 3.42. The second kappa shape index (κ2) is 16.3. The van der Waals surface area contributed by atoms with Gasteiger partial charge in [0.25, 0.3) is 0 Å². The Morgan fingerprint density at radius 1 is 0.800 bits per heavy atom. The van der Waals surface area contributed by atoms with Gasteiger partial charge in [-0.15, -0.1) is 0 Å².